The average molecular weight is 394 g/mol. The van der Waals surface area contributed by atoms with E-state index in [9.17, 15) is 0 Å². The zero-order valence-electron chi connectivity index (χ0n) is 16.5. The molecule has 0 N–H and O–H groups in total. The molecule has 0 saturated heterocycles. The predicted molar refractivity (Wildman–Crippen MR) is 113 cm³/mol. The molecule has 2 heterocycles. The molecular weight excluding hydrogens is 376 g/mol. The van der Waals surface area contributed by atoms with Crippen molar-refractivity contribution in [2.24, 2.45) is 0 Å². The van der Waals surface area contributed by atoms with Crippen molar-refractivity contribution in [3.05, 3.63) is 83.9 Å². The van der Waals surface area contributed by atoms with Crippen LogP contribution in [0.25, 0.3) is 45.8 Å². The second-order valence-corrected chi connectivity index (χ2v) is 7.14. The second-order valence-electron chi connectivity index (χ2n) is 7.14. The van der Waals surface area contributed by atoms with Gasteiger partial charge in [-0.15, -0.1) is 20.4 Å². The van der Waals surface area contributed by atoms with Gasteiger partial charge < -0.3 is 8.83 Å². The van der Waals surface area contributed by atoms with E-state index in [4.69, 9.17) is 8.83 Å². The summed E-state index contributed by atoms with van der Waals surface area (Å²) in [6, 6.07) is 23.5. The molecule has 0 amide bonds. The van der Waals surface area contributed by atoms with Crippen molar-refractivity contribution >= 4 is 0 Å². The van der Waals surface area contributed by atoms with E-state index in [-0.39, 0.29) is 0 Å². The molecule has 0 aliphatic carbocycles. The highest BCUT2D eigenvalue weighted by Crippen LogP contribution is 2.29. The van der Waals surface area contributed by atoms with Gasteiger partial charge in [-0.1, -0.05) is 41.5 Å². The van der Waals surface area contributed by atoms with Crippen molar-refractivity contribution in [2.45, 2.75) is 13.8 Å². The Hall–Kier alpha value is -4.06. The van der Waals surface area contributed by atoms with Crippen molar-refractivity contribution in [3.8, 4) is 45.8 Å². The van der Waals surface area contributed by atoms with Gasteiger partial charge in [0.15, 0.2) is 0 Å². The van der Waals surface area contributed by atoms with E-state index in [0.29, 0.717) is 23.6 Å². The number of aryl methyl sites for hydroxylation is 2. The first-order valence-electron chi connectivity index (χ1n) is 9.58. The summed E-state index contributed by atoms with van der Waals surface area (Å²) in [5.74, 6) is 1.83. The Labute approximate surface area is 173 Å². The quantitative estimate of drug-likeness (QED) is 0.387. The number of rotatable bonds is 4. The SMILES string of the molecule is Cc1ccc(-c2nnc(-c3cccc(-c4nnc(-c5ccc(C)cc5)o4)c3)o2)cc1. The zero-order valence-corrected chi connectivity index (χ0v) is 16.5. The highest BCUT2D eigenvalue weighted by molar-refractivity contribution is 5.66. The van der Waals surface area contributed by atoms with Crippen LogP contribution in [0.1, 0.15) is 11.1 Å². The van der Waals surface area contributed by atoms with Crippen LogP contribution < -0.4 is 0 Å². The predicted octanol–water partition coefficient (Wildman–Crippen LogP) is 5.74. The number of hydrogen-bond donors (Lipinski definition) is 0. The molecule has 30 heavy (non-hydrogen) atoms. The first-order valence-corrected chi connectivity index (χ1v) is 9.58. The molecule has 146 valence electrons. The maximum atomic E-state index is 5.88. The monoisotopic (exact) mass is 394 g/mol. The standard InChI is InChI=1S/C24H18N4O2/c1-15-6-10-17(11-7-15)21-25-27-23(29-21)19-4-3-5-20(14-19)24-28-26-22(30-24)18-12-8-16(2)9-13-18/h3-14H,1-2H3. The fourth-order valence-corrected chi connectivity index (χ4v) is 3.09. The minimum Gasteiger partial charge on any atom is -0.416 e. The van der Waals surface area contributed by atoms with Crippen LogP contribution in [0, 0.1) is 13.8 Å². The second kappa shape index (κ2) is 7.40. The number of hydrogen-bond acceptors (Lipinski definition) is 6. The Morgan fingerprint density at radius 3 is 1.23 bits per heavy atom. The molecule has 0 atom stereocenters. The van der Waals surface area contributed by atoms with Crippen molar-refractivity contribution in [1.82, 2.24) is 20.4 Å². The van der Waals surface area contributed by atoms with Crippen molar-refractivity contribution in [1.29, 1.82) is 0 Å². The third kappa shape index (κ3) is 3.51. The van der Waals surface area contributed by atoms with Crippen LogP contribution in [0.5, 0.6) is 0 Å². The van der Waals surface area contributed by atoms with E-state index < -0.39 is 0 Å². The number of nitrogens with zero attached hydrogens (tertiary/aromatic N) is 4. The molecule has 5 rings (SSSR count). The van der Waals surface area contributed by atoms with E-state index in [1.54, 1.807) is 0 Å². The van der Waals surface area contributed by atoms with Crippen LogP contribution in [0.4, 0.5) is 0 Å². The van der Waals surface area contributed by atoms with Crippen molar-refractivity contribution < 1.29 is 8.83 Å². The van der Waals surface area contributed by atoms with Crippen molar-refractivity contribution in [2.75, 3.05) is 0 Å². The van der Waals surface area contributed by atoms with Crippen LogP contribution in [0.2, 0.25) is 0 Å². The Balaban J connectivity index is 1.44. The first-order chi connectivity index (χ1) is 14.7. The van der Waals surface area contributed by atoms with Crippen LogP contribution in [-0.2, 0) is 0 Å². The summed E-state index contributed by atoms with van der Waals surface area (Å²) in [5, 5.41) is 16.8. The molecule has 0 saturated carbocycles. The lowest BCUT2D eigenvalue weighted by atomic mass is 10.1. The van der Waals surface area contributed by atoms with Crippen LogP contribution >= 0.6 is 0 Å². The third-order valence-electron chi connectivity index (χ3n) is 4.80. The first kappa shape index (κ1) is 18.0. The maximum absolute atomic E-state index is 5.88. The lowest BCUT2D eigenvalue weighted by molar-refractivity contribution is 0.582. The lowest BCUT2D eigenvalue weighted by Crippen LogP contribution is -1.82. The van der Waals surface area contributed by atoms with Crippen LogP contribution in [-0.4, -0.2) is 20.4 Å². The fraction of sp³-hybridized carbons (Fsp3) is 0.0833. The molecule has 3 aromatic carbocycles. The molecular formula is C24H18N4O2. The molecule has 5 aromatic rings. The molecule has 6 heteroatoms. The van der Waals surface area contributed by atoms with Gasteiger partial charge in [-0.05, 0) is 56.3 Å². The molecule has 0 bridgehead atoms. The van der Waals surface area contributed by atoms with Crippen LogP contribution in [0.3, 0.4) is 0 Å². The minimum atomic E-state index is 0.436. The van der Waals surface area contributed by atoms with Gasteiger partial charge >= 0.3 is 0 Å². The van der Waals surface area contributed by atoms with E-state index in [2.05, 4.69) is 20.4 Å². The van der Waals surface area contributed by atoms with E-state index >= 15 is 0 Å². The molecule has 2 aromatic heterocycles. The molecule has 6 nitrogen and oxygen atoms in total. The topological polar surface area (TPSA) is 77.8 Å². The third-order valence-corrected chi connectivity index (χ3v) is 4.80. The maximum Gasteiger partial charge on any atom is 0.248 e. The lowest BCUT2D eigenvalue weighted by Gasteiger charge is -1.99. The Morgan fingerprint density at radius 2 is 0.833 bits per heavy atom. The molecule has 0 unspecified atom stereocenters. The van der Waals surface area contributed by atoms with Gasteiger partial charge in [0, 0.05) is 22.3 Å². The average Bonchev–Trinajstić information content (AvgIpc) is 3.45. The van der Waals surface area contributed by atoms with Gasteiger partial charge in [-0.3, -0.25) is 0 Å². The van der Waals surface area contributed by atoms with Crippen LogP contribution in [0.15, 0.2) is 81.6 Å². The highest BCUT2D eigenvalue weighted by Gasteiger charge is 2.14. The fourth-order valence-electron chi connectivity index (χ4n) is 3.09. The minimum absolute atomic E-state index is 0.436. The molecule has 0 spiro atoms. The Bertz CT molecular complexity index is 1200. The van der Waals surface area contributed by atoms with E-state index in [1.807, 2.05) is 86.6 Å². The summed E-state index contributed by atoms with van der Waals surface area (Å²) in [7, 11) is 0. The van der Waals surface area contributed by atoms with E-state index in [0.717, 1.165) is 22.3 Å². The smallest absolute Gasteiger partial charge is 0.248 e. The summed E-state index contributed by atoms with van der Waals surface area (Å²) >= 11 is 0. The van der Waals surface area contributed by atoms with Crippen molar-refractivity contribution in [3.63, 3.8) is 0 Å². The summed E-state index contributed by atoms with van der Waals surface area (Å²) in [4.78, 5) is 0. The summed E-state index contributed by atoms with van der Waals surface area (Å²) < 4.78 is 11.8. The molecule has 0 fully saturated rings. The molecule has 0 radical (unpaired) electrons. The summed E-state index contributed by atoms with van der Waals surface area (Å²) in [6.07, 6.45) is 0. The molecule has 0 aliphatic rings. The zero-order chi connectivity index (χ0) is 20.5. The number of aromatic nitrogens is 4. The van der Waals surface area contributed by atoms with Gasteiger partial charge in [-0.25, -0.2) is 0 Å². The summed E-state index contributed by atoms with van der Waals surface area (Å²) in [5.41, 5.74) is 5.69. The van der Waals surface area contributed by atoms with Gasteiger partial charge in [-0.2, -0.15) is 0 Å². The summed E-state index contributed by atoms with van der Waals surface area (Å²) in [6.45, 7) is 4.08. The van der Waals surface area contributed by atoms with Gasteiger partial charge in [0.25, 0.3) is 0 Å². The largest absolute Gasteiger partial charge is 0.416 e. The van der Waals surface area contributed by atoms with Gasteiger partial charge in [0.1, 0.15) is 0 Å². The molecule has 0 aliphatic heterocycles. The van der Waals surface area contributed by atoms with E-state index in [1.165, 1.54) is 11.1 Å². The number of benzene rings is 3. The Morgan fingerprint density at radius 1 is 0.467 bits per heavy atom. The normalized spacial score (nSPS) is 11.0. The highest BCUT2D eigenvalue weighted by atomic mass is 16.4. The Kier molecular flexibility index (Phi) is 4.44. The van der Waals surface area contributed by atoms with Gasteiger partial charge in [0.2, 0.25) is 23.6 Å². The van der Waals surface area contributed by atoms with Gasteiger partial charge in [0.05, 0.1) is 0 Å².